The van der Waals surface area contributed by atoms with Crippen molar-refractivity contribution in [3.05, 3.63) is 34.3 Å². The van der Waals surface area contributed by atoms with Crippen molar-refractivity contribution >= 4 is 27.8 Å². The summed E-state index contributed by atoms with van der Waals surface area (Å²) in [5, 5.41) is 12.6. The van der Waals surface area contributed by atoms with Gasteiger partial charge in [0.2, 0.25) is 5.91 Å². The molecule has 1 aromatic carbocycles. The van der Waals surface area contributed by atoms with Crippen LogP contribution in [-0.4, -0.2) is 23.5 Å². The highest BCUT2D eigenvalue weighted by atomic mass is 79.9. The Kier molecular flexibility index (Phi) is 4.50. The maximum absolute atomic E-state index is 12.7. The van der Waals surface area contributed by atoms with Crippen molar-refractivity contribution in [2.45, 2.75) is 50.4 Å². The van der Waals surface area contributed by atoms with Gasteiger partial charge in [0.15, 0.2) is 0 Å². The number of carboxylic acid groups (broad SMARTS) is 1. The molecule has 124 valence electrons. The highest BCUT2D eigenvalue weighted by molar-refractivity contribution is 9.10. The lowest BCUT2D eigenvalue weighted by Crippen LogP contribution is -2.47. The van der Waals surface area contributed by atoms with Crippen LogP contribution in [0.5, 0.6) is 0 Å². The van der Waals surface area contributed by atoms with E-state index >= 15 is 0 Å². The maximum Gasteiger partial charge on any atom is 0.311 e. The molecule has 2 saturated carbocycles. The van der Waals surface area contributed by atoms with Crippen LogP contribution in [0.25, 0.3) is 0 Å². The topological polar surface area (TPSA) is 66.4 Å². The molecule has 2 aliphatic carbocycles. The van der Waals surface area contributed by atoms with Crippen LogP contribution >= 0.6 is 15.9 Å². The molecule has 23 heavy (non-hydrogen) atoms. The first-order valence-corrected chi connectivity index (χ1v) is 9.06. The zero-order chi connectivity index (χ0) is 16.5. The molecule has 2 N–H and O–H groups in total. The summed E-state index contributed by atoms with van der Waals surface area (Å²) in [4.78, 5) is 24.4. The van der Waals surface area contributed by atoms with Gasteiger partial charge in [-0.2, -0.15) is 0 Å². The molecule has 0 aliphatic heterocycles. The summed E-state index contributed by atoms with van der Waals surface area (Å²) in [6.07, 6.45) is 5.94. The van der Waals surface area contributed by atoms with Crippen molar-refractivity contribution in [1.82, 2.24) is 5.32 Å². The Hall–Kier alpha value is -1.36. The molecule has 0 atom stereocenters. The Morgan fingerprint density at radius 1 is 1.04 bits per heavy atom. The summed E-state index contributed by atoms with van der Waals surface area (Å²) in [6, 6.07) is 7.85. The Bertz CT molecular complexity index is 601. The van der Waals surface area contributed by atoms with Crippen LogP contribution in [0.3, 0.4) is 0 Å². The molecule has 0 radical (unpaired) electrons. The third-order valence-electron chi connectivity index (χ3n) is 5.43. The van der Waals surface area contributed by atoms with Gasteiger partial charge in [-0.1, -0.05) is 47.3 Å². The van der Waals surface area contributed by atoms with Crippen LogP contribution in [0.2, 0.25) is 0 Å². The van der Waals surface area contributed by atoms with Crippen LogP contribution in [0.15, 0.2) is 28.7 Å². The van der Waals surface area contributed by atoms with E-state index < -0.39 is 16.8 Å². The van der Waals surface area contributed by atoms with Crippen LogP contribution in [-0.2, 0) is 15.0 Å². The van der Waals surface area contributed by atoms with Gasteiger partial charge in [-0.05, 0) is 43.4 Å². The molecule has 2 fully saturated rings. The van der Waals surface area contributed by atoms with Gasteiger partial charge in [0.1, 0.15) is 0 Å². The Labute approximate surface area is 144 Å². The molecule has 5 heteroatoms. The monoisotopic (exact) mass is 379 g/mol. The normalized spacial score (nSPS) is 21.4. The number of hydrogen-bond acceptors (Lipinski definition) is 2. The van der Waals surface area contributed by atoms with Gasteiger partial charge in [0.05, 0.1) is 10.8 Å². The average Bonchev–Trinajstić information content (AvgIpc) is 3.36. The highest BCUT2D eigenvalue weighted by Crippen LogP contribution is 2.49. The second kappa shape index (κ2) is 6.27. The molecule has 1 aromatic rings. The van der Waals surface area contributed by atoms with E-state index in [1.165, 1.54) is 0 Å². The van der Waals surface area contributed by atoms with Crippen molar-refractivity contribution in [3.8, 4) is 0 Å². The zero-order valence-electron chi connectivity index (χ0n) is 13.1. The van der Waals surface area contributed by atoms with Gasteiger partial charge >= 0.3 is 5.97 Å². The van der Waals surface area contributed by atoms with E-state index in [2.05, 4.69) is 21.2 Å². The first kappa shape index (κ1) is 16.5. The Morgan fingerprint density at radius 3 is 2.17 bits per heavy atom. The lowest BCUT2D eigenvalue weighted by atomic mass is 9.74. The molecule has 3 rings (SSSR count). The molecule has 0 spiro atoms. The van der Waals surface area contributed by atoms with Gasteiger partial charge < -0.3 is 10.4 Å². The lowest BCUT2D eigenvalue weighted by Gasteiger charge is -2.33. The number of rotatable bonds is 5. The van der Waals surface area contributed by atoms with Crippen molar-refractivity contribution in [1.29, 1.82) is 0 Å². The first-order chi connectivity index (χ1) is 11.0. The average molecular weight is 380 g/mol. The number of carbonyl (C=O) groups excluding carboxylic acids is 1. The minimum Gasteiger partial charge on any atom is -0.481 e. The predicted molar refractivity (Wildman–Crippen MR) is 91.2 cm³/mol. The van der Waals surface area contributed by atoms with Gasteiger partial charge in [-0.15, -0.1) is 0 Å². The molecule has 2 aliphatic rings. The van der Waals surface area contributed by atoms with E-state index in [0.717, 1.165) is 42.1 Å². The van der Waals surface area contributed by atoms with Crippen molar-refractivity contribution in [2.24, 2.45) is 5.41 Å². The maximum atomic E-state index is 12.7. The van der Waals surface area contributed by atoms with Crippen molar-refractivity contribution in [3.63, 3.8) is 0 Å². The quantitative estimate of drug-likeness (QED) is 0.820. The number of aliphatic carboxylic acids is 1. The largest absolute Gasteiger partial charge is 0.481 e. The first-order valence-electron chi connectivity index (χ1n) is 8.26. The molecule has 0 unspecified atom stereocenters. The molecule has 0 aromatic heterocycles. The summed E-state index contributed by atoms with van der Waals surface area (Å²) in [5.41, 5.74) is -0.204. The van der Waals surface area contributed by atoms with Gasteiger partial charge in [0.25, 0.3) is 0 Å². The summed E-state index contributed by atoms with van der Waals surface area (Å²) in [7, 11) is 0. The van der Waals surface area contributed by atoms with Crippen molar-refractivity contribution < 1.29 is 14.7 Å². The lowest BCUT2D eigenvalue weighted by molar-refractivity contribution is -0.151. The van der Waals surface area contributed by atoms with Gasteiger partial charge in [-0.25, -0.2) is 0 Å². The number of hydrogen-bond donors (Lipinski definition) is 2. The smallest absolute Gasteiger partial charge is 0.311 e. The highest BCUT2D eigenvalue weighted by Gasteiger charge is 2.52. The summed E-state index contributed by atoms with van der Waals surface area (Å²) < 4.78 is 0.990. The van der Waals surface area contributed by atoms with E-state index in [1.54, 1.807) is 0 Å². The fourth-order valence-corrected chi connectivity index (χ4v) is 3.92. The third kappa shape index (κ3) is 3.16. The minimum atomic E-state index is -0.774. The van der Waals surface area contributed by atoms with Crippen LogP contribution in [0.1, 0.15) is 50.5 Å². The van der Waals surface area contributed by atoms with Crippen molar-refractivity contribution in [2.75, 3.05) is 6.54 Å². The molecular weight excluding hydrogens is 358 g/mol. The number of carbonyl (C=O) groups is 2. The number of nitrogens with one attached hydrogen (secondary N) is 1. The number of amides is 1. The number of carboxylic acids is 1. The van der Waals surface area contributed by atoms with Crippen LogP contribution in [0, 0.1) is 5.41 Å². The fourth-order valence-electron chi connectivity index (χ4n) is 3.65. The molecule has 0 saturated heterocycles. The molecule has 4 nitrogen and oxygen atoms in total. The van der Waals surface area contributed by atoms with E-state index in [1.807, 2.05) is 24.3 Å². The second-order valence-electron chi connectivity index (χ2n) is 6.92. The third-order valence-corrected chi connectivity index (χ3v) is 5.96. The van der Waals surface area contributed by atoms with Crippen LogP contribution < -0.4 is 5.32 Å². The molecule has 0 bridgehead atoms. The number of halogens is 1. The molecular formula is C18H22BrNO3. The summed E-state index contributed by atoms with van der Waals surface area (Å²) >= 11 is 3.41. The van der Waals surface area contributed by atoms with E-state index in [4.69, 9.17) is 0 Å². The standard InChI is InChI=1S/C18H22BrNO3/c19-14-6-4-13(5-7-14)18(10-11-18)15(21)20-12-17(16(22)23)8-2-1-3-9-17/h4-7H,1-3,8-12H2,(H,20,21)(H,22,23). The Morgan fingerprint density at radius 2 is 1.65 bits per heavy atom. The van der Waals surface area contributed by atoms with Crippen LogP contribution in [0.4, 0.5) is 0 Å². The molecule has 1 amide bonds. The SMILES string of the molecule is O=C(O)C1(CNC(=O)C2(c3ccc(Br)cc3)CC2)CCCCC1. The summed E-state index contributed by atoms with van der Waals surface area (Å²) in [5.74, 6) is -0.794. The zero-order valence-corrected chi connectivity index (χ0v) is 14.7. The van der Waals surface area contributed by atoms with E-state index in [0.29, 0.717) is 12.8 Å². The van der Waals surface area contributed by atoms with Gasteiger partial charge in [-0.3, -0.25) is 9.59 Å². The van der Waals surface area contributed by atoms with Gasteiger partial charge in [0, 0.05) is 11.0 Å². The Balaban J connectivity index is 1.69. The van der Waals surface area contributed by atoms with E-state index in [9.17, 15) is 14.7 Å². The number of benzene rings is 1. The second-order valence-corrected chi connectivity index (χ2v) is 7.83. The minimum absolute atomic E-state index is 0.0222. The predicted octanol–water partition coefficient (Wildman–Crippen LogP) is 3.63. The fraction of sp³-hybridized carbons (Fsp3) is 0.556. The van der Waals surface area contributed by atoms with E-state index in [-0.39, 0.29) is 12.5 Å². The summed E-state index contributed by atoms with van der Waals surface area (Å²) in [6.45, 7) is 0.249. The molecule has 0 heterocycles.